The highest BCUT2D eigenvalue weighted by atomic mass is 19.1. The van der Waals surface area contributed by atoms with Gasteiger partial charge in [0.05, 0.1) is 0 Å². The second-order valence-electron chi connectivity index (χ2n) is 9.03. The van der Waals surface area contributed by atoms with Crippen LogP contribution in [0.4, 0.5) is 8.78 Å². The van der Waals surface area contributed by atoms with E-state index in [1.807, 2.05) is 6.07 Å². The molecule has 0 aliphatic heterocycles. The second kappa shape index (κ2) is 8.83. The summed E-state index contributed by atoms with van der Waals surface area (Å²) < 4.78 is 28.8. The Bertz CT molecular complexity index is 1040. The summed E-state index contributed by atoms with van der Waals surface area (Å²) in [6.45, 7) is 0. The van der Waals surface area contributed by atoms with Gasteiger partial charge >= 0.3 is 0 Å². The first kappa shape index (κ1) is 22.7. The van der Waals surface area contributed by atoms with E-state index in [0.29, 0.717) is 42.4 Å². The van der Waals surface area contributed by atoms with Crippen LogP contribution in [0.25, 0.3) is 0 Å². The third-order valence-corrected chi connectivity index (χ3v) is 7.45. The smallest absolute Gasteiger partial charge is 0.164 e. The maximum absolute atomic E-state index is 14.8. The minimum Gasteiger partial charge on any atom is -0.304 e. The molecule has 0 spiro atoms. The van der Waals surface area contributed by atoms with Crippen LogP contribution in [0, 0.1) is 11.6 Å². The van der Waals surface area contributed by atoms with Gasteiger partial charge in [-0.1, -0.05) is 24.6 Å². The molecule has 0 amide bonds. The molecule has 6 heteroatoms. The highest BCUT2D eigenvalue weighted by molar-refractivity contribution is 5.96. The molecule has 2 aliphatic carbocycles. The number of rotatable bonds is 5. The van der Waals surface area contributed by atoms with Crippen molar-refractivity contribution < 1.29 is 18.4 Å². The van der Waals surface area contributed by atoms with Gasteiger partial charge in [-0.3, -0.25) is 9.59 Å². The van der Waals surface area contributed by atoms with Crippen molar-refractivity contribution in [3.05, 3.63) is 70.8 Å². The first-order chi connectivity index (χ1) is 15.4. The molecule has 0 radical (unpaired) electrons. The van der Waals surface area contributed by atoms with Gasteiger partial charge in [0.1, 0.15) is 22.7 Å². The van der Waals surface area contributed by atoms with Crippen LogP contribution in [0.3, 0.4) is 0 Å². The van der Waals surface area contributed by atoms with Crippen molar-refractivity contribution in [1.82, 2.24) is 10.6 Å². The lowest BCUT2D eigenvalue weighted by atomic mass is 9.68. The SMILES string of the molecule is CN[C@@]1(c2cc(F)cc(C3CCC[C@](NC)(c4cccc(F)c4)C3=O)c2)CCCCC1=O. The number of carbonyl (C=O) groups excluding carboxylic acids is 2. The number of nitrogens with one attached hydrogen (secondary N) is 2. The molecule has 2 fully saturated rings. The zero-order chi connectivity index (χ0) is 22.9. The number of likely N-dealkylation sites (N-methyl/N-ethyl adjacent to an activating group) is 2. The van der Waals surface area contributed by atoms with Crippen LogP contribution in [0.1, 0.15) is 67.6 Å². The summed E-state index contributed by atoms with van der Waals surface area (Å²) in [4.78, 5) is 26.7. The van der Waals surface area contributed by atoms with E-state index in [9.17, 15) is 18.4 Å². The van der Waals surface area contributed by atoms with E-state index in [-0.39, 0.29) is 11.6 Å². The molecule has 2 aromatic rings. The summed E-state index contributed by atoms with van der Waals surface area (Å²) in [6.07, 6.45) is 4.64. The molecule has 0 heterocycles. The first-order valence-corrected chi connectivity index (χ1v) is 11.4. The molecule has 0 saturated heterocycles. The fourth-order valence-electron chi connectivity index (χ4n) is 5.68. The van der Waals surface area contributed by atoms with Gasteiger partial charge in [-0.05, 0) is 87.2 Å². The van der Waals surface area contributed by atoms with Crippen molar-refractivity contribution >= 4 is 11.6 Å². The Morgan fingerprint density at radius 1 is 0.844 bits per heavy atom. The highest BCUT2D eigenvalue weighted by Crippen LogP contribution is 2.43. The van der Waals surface area contributed by atoms with E-state index >= 15 is 0 Å². The molecule has 0 aromatic heterocycles. The Labute approximate surface area is 187 Å². The van der Waals surface area contributed by atoms with Crippen molar-refractivity contribution in [2.75, 3.05) is 14.1 Å². The maximum atomic E-state index is 14.8. The van der Waals surface area contributed by atoms with Crippen LogP contribution < -0.4 is 10.6 Å². The van der Waals surface area contributed by atoms with Crippen LogP contribution in [0.5, 0.6) is 0 Å². The molecule has 2 N–H and O–H groups in total. The number of ketones is 2. The summed E-state index contributed by atoms with van der Waals surface area (Å²) >= 11 is 0. The van der Waals surface area contributed by atoms with Gasteiger partial charge in [0.25, 0.3) is 0 Å². The van der Waals surface area contributed by atoms with Gasteiger partial charge in [-0.2, -0.15) is 0 Å². The molecule has 3 atom stereocenters. The van der Waals surface area contributed by atoms with Crippen LogP contribution in [-0.4, -0.2) is 25.7 Å². The molecule has 4 nitrogen and oxygen atoms in total. The van der Waals surface area contributed by atoms with E-state index in [1.165, 1.54) is 24.3 Å². The lowest BCUT2D eigenvalue weighted by molar-refractivity contribution is -0.129. The molecular formula is C26H30F2N2O2. The molecule has 2 saturated carbocycles. The van der Waals surface area contributed by atoms with Crippen LogP contribution >= 0.6 is 0 Å². The number of hydrogen-bond donors (Lipinski definition) is 2. The van der Waals surface area contributed by atoms with Crippen molar-refractivity contribution in [1.29, 1.82) is 0 Å². The molecule has 32 heavy (non-hydrogen) atoms. The Kier molecular flexibility index (Phi) is 6.28. The monoisotopic (exact) mass is 440 g/mol. The zero-order valence-electron chi connectivity index (χ0n) is 18.6. The largest absolute Gasteiger partial charge is 0.304 e. The normalized spacial score (nSPS) is 28.7. The Hall–Kier alpha value is -2.44. The highest BCUT2D eigenvalue weighted by Gasteiger charge is 2.46. The Balaban J connectivity index is 1.77. The average molecular weight is 441 g/mol. The van der Waals surface area contributed by atoms with Crippen LogP contribution in [0.15, 0.2) is 42.5 Å². The first-order valence-electron chi connectivity index (χ1n) is 11.4. The van der Waals surface area contributed by atoms with Crippen molar-refractivity contribution in [2.45, 2.75) is 61.9 Å². The van der Waals surface area contributed by atoms with Gasteiger partial charge in [0.2, 0.25) is 0 Å². The number of hydrogen-bond acceptors (Lipinski definition) is 4. The van der Waals surface area contributed by atoms with Gasteiger partial charge in [-0.15, -0.1) is 0 Å². The van der Waals surface area contributed by atoms with Gasteiger partial charge in [0, 0.05) is 12.3 Å². The molecule has 2 aliphatic rings. The van der Waals surface area contributed by atoms with Gasteiger partial charge < -0.3 is 10.6 Å². The minimum atomic E-state index is -1.03. The number of halogens is 2. The van der Waals surface area contributed by atoms with Crippen molar-refractivity contribution in [2.24, 2.45) is 0 Å². The van der Waals surface area contributed by atoms with Gasteiger partial charge in [0.15, 0.2) is 11.6 Å². The van der Waals surface area contributed by atoms with E-state index < -0.39 is 28.6 Å². The zero-order valence-corrected chi connectivity index (χ0v) is 18.6. The Morgan fingerprint density at radius 3 is 2.25 bits per heavy atom. The molecule has 2 aromatic carbocycles. The lowest BCUT2D eigenvalue weighted by Crippen LogP contribution is -2.52. The topological polar surface area (TPSA) is 58.2 Å². The van der Waals surface area contributed by atoms with Gasteiger partial charge in [-0.25, -0.2) is 8.78 Å². The molecule has 170 valence electrons. The lowest BCUT2D eigenvalue weighted by Gasteiger charge is -2.40. The quantitative estimate of drug-likeness (QED) is 0.720. The summed E-state index contributed by atoms with van der Waals surface area (Å²) in [5.41, 5.74) is -0.206. The summed E-state index contributed by atoms with van der Waals surface area (Å²) in [7, 11) is 3.44. The summed E-state index contributed by atoms with van der Waals surface area (Å²) in [6, 6.07) is 10.7. The molecule has 0 bridgehead atoms. The number of Topliss-reactive ketones (excluding diaryl/α,β-unsaturated/α-hetero) is 2. The number of carbonyl (C=O) groups is 2. The summed E-state index contributed by atoms with van der Waals surface area (Å²) in [5, 5.41) is 6.31. The van der Waals surface area contributed by atoms with Crippen LogP contribution in [-0.2, 0) is 20.7 Å². The van der Waals surface area contributed by atoms with Crippen molar-refractivity contribution in [3.63, 3.8) is 0 Å². The van der Waals surface area contributed by atoms with E-state index in [1.54, 1.807) is 26.2 Å². The predicted molar refractivity (Wildman–Crippen MR) is 119 cm³/mol. The second-order valence-corrected chi connectivity index (χ2v) is 9.03. The Morgan fingerprint density at radius 2 is 1.56 bits per heavy atom. The predicted octanol–water partition coefficient (Wildman–Crippen LogP) is 4.47. The standard InChI is InChI=1S/C26H30F2N2O2/c1-29-25(11-4-3-10-23(25)31)19-13-17(14-21(28)16-19)22-9-6-12-26(30-2,24(22)32)18-7-5-8-20(27)15-18/h5,7-8,13-16,22,29-30H,3-4,6,9-12H2,1-2H3/t22?,25-,26+/m1/s1. The van der Waals surface area contributed by atoms with E-state index in [0.717, 1.165) is 19.3 Å². The van der Waals surface area contributed by atoms with Crippen LogP contribution in [0.2, 0.25) is 0 Å². The maximum Gasteiger partial charge on any atom is 0.164 e. The average Bonchev–Trinajstić information content (AvgIpc) is 2.79. The number of benzene rings is 2. The van der Waals surface area contributed by atoms with E-state index in [2.05, 4.69) is 10.6 Å². The molecule has 1 unspecified atom stereocenters. The minimum absolute atomic E-state index is 0.0575. The third-order valence-electron chi connectivity index (χ3n) is 7.45. The third kappa shape index (κ3) is 3.69. The van der Waals surface area contributed by atoms with Crippen molar-refractivity contribution in [3.8, 4) is 0 Å². The fraction of sp³-hybridized carbons (Fsp3) is 0.462. The van der Waals surface area contributed by atoms with E-state index in [4.69, 9.17) is 0 Å². The summed E-state index contributed by atoms with van der Waals surface area (Å²) in [5.74, 6) is -1.43. The molecular weight excluding hydrogens is 410 g/mol. The molecule has 4 rings (SSSR count). The fourth-order valence-corrected chi connectivity index (χ4v) is 5.68.